The number of nitrogens with one attached hydrogen (secondary N) is 2. The molecule has 22 heavy (non-hydrogen) atoms. The molecule has 2 aromatic carbocycles. The topological polar surface area (TPSA) is 58.2 Å². The fraction of sp³-hybridized carbons (Fsp3) is 0.444. The van der Waals surface area contributed by atoms with E-state index in [9.17, 15) is 9.59 Å². The van der Waals surface area contributed by atoms with E-state index in [0.29, 0.717) is 17.9 Å². The minimum atomic E-state index is -0.432. The maximum atomic E-state index is 11.8. The summed E-state index contributed by atoms with van der Waals surface area (Å²) >= 11 is 0. The number of benzene rings is 1. The molecular formula is C18H24N2O2. The highest BCUT2D eigenvalue weighted by Crippen LogP contribution is 2.22. The van der Waals surface area contributed by atoms with Crippen LogP contribution < -0.4 is 21.5 Å². The Morgan fingerprint density at radius 2 is 1.68 bits per heavy atom. The number of rotatable bonds is 5. The SMILES string of the molecule is CCc1cccc(C)c1CNc1c(NC(C)(C)C)c(=O)c1=O. The van der Waals surface area contributed by atoms with Crippen LogP contribution in [0.5, 0.6) is 0 Å². The zero-order valence-corrected chi connectivity index (χ0v) is 14.0. The molecule has 0 unspecified atom stereocenters. The van der Waals surface area contributed by atoms with Gasteiger partial charge in [-0.2, -0.15) is 0 Å². The Morgan fingerprint density at radius 1 is 1.05 bits per heavy atom. The van der Waals surface area contributed by atoms with E-state index in [4.69, 9.17) is 0 Å². The molecule has 0 spiro atoms. The molecule has 0 aromatic heterocycles. The Balaban J connectivity index is 2.22. The van der Waals surface area contributed by atoms with E-state index < -0.39 is 10.9 Å². The molecule has 4 nitrogen and oxygen atoms in total. The van der Waals surface area contributed by atoms with Crippen LogP contribution in [-0.2, 0) is 13.0 Å². The van der Waals surface area contributed by atoms with E-state index in [-0.39, 0.29) is 5.54 Å². The molecule has 0 saturated heterocycles. The quantitative estimate of drug-likeness (QED) is 0.834. The smallest absolute Gasteiger partial charge is 0.253 e. The average molecular weight is 300 g/mol. The summed E-state index contributed by atoms with van der Waals surface area (Å²) in [6.45, 7) is 10.6. The summed E-state index contributed by atoms with van der Waals surface area (Å²) in [5, 5.41) is 6.26. The van der Waals surface area contributed by atoms with Crippen LogP contribution >= 0.6 is 0 Å². The molecule has 0 radical (unpaired) electrons. The normalized spacial score (nSPS) is 11.7. The van der Waals surface area contributed by atoms with E-state index >= 15 is 0 Å². The summed E-state index contributed by atoms with van der Waals surface area (Å²) in [4.78, 5) is 23.5. The third-order valence-corrected chi connectivity index (χ3v) is 3.74. The minimum Gasteiger partial charge on any atom is -0.376 e. The zero-order chi connectivity index (χ0) is 16.5. The third kappa shape index (κ3) is 3.21. The Kier molecular flexibility index (Phi) is 4.40. The van der Waals surface area contributed by atoms with Crippen LogP contribution in [-0.4, -0.2) is 5.54 Å². The molecule has 0 aliphatic carbocycles. The lowest BCUT2D eigenvalue weighted by Crippen LogP contribution is -2.41. The molecule has 0 amide bonds. The third-order valence-electron chi connectivity index (χ3n) is 3.74. The maximum Gasteiger partial charge on any atom is 0.253 e. The van der Waals surface area contributed by atoms with Crippen molar-refractivity contribution < 1.29 is 0 Å². The van der Waals surface area contributed by atoms with Crippen LogP contribution in [0.4, 0.5) is 11.4 Å². The molecule has 0 aliphatic heterocycles. The molecule has 0 heterocycles. The molecule has 0 aliphatic rings. The molecular weight excluding hydrogens is 276 g/mol. The summed E-state index contributed by atoms with van der Waals surface area (Å²) in [7, 11) is 0. The van der Waals surface area contributed by atoms with Gasteiger partial charge in [0.2, 0.25) is 0 Å². The maximum absolute atomic E-state index is 11.8. The van der Waals surface area contributed by atoms with E-state index in [2.05, 4.69) is 36.6 Å². The average Bonchev–Trinajstić information content (AvgIpc) is 2.45. The van der Waals surface area contributed by atoms with Crippen molar-refractivity contribution in [1.82, 2.24) is 0 Å². The van der Waals surface area contributed by atoms with Gasteiger partial charge in [0.05, 0.1) is 0 Å². The second-order valence-electron chi connectivity index (χ2n) is 6.70. The van der Waals surface area contributed by atoms with Gasteiger partial charge in [0, 0.05) is 12.1 Å². The molecule has 0 atom stereocenters. The number of aryl methyl sites for hydroxylation is 2. The highest BCUT2D eigenvalue weighted by Gasteiger charge is 2.24. The van der Waals surface area contributed by atoms with Crippen molar-refractivity contribution in [3.05, 3.63) is 55.3 Å². The zero-order valence-electron chi connectivity index (χ0n) is 14.0. The lowest BCUT2D eigenvalue weighted by Gasteiger charge is -2.25. The van der Waals surface area contributed by atoms with Gasteiger partial charge in [0.1, 0.15) is 11.4 Å². The second-order valence-corrected chi connectivity index (χ2v) is 6.70. The van der Waals surface area contributed by atoms with Crippen LogP contribution in [0.15, 0.2) is 27.8 Å². The Morgan fingerprint density at radius 3 is 2.27 bits per heavy atom. The highest BCUT2D eigenvalue weighted by molar-refractivity contribution is 5.74. The van der Waals surface area contributed by atoms with Gasteiger partial charge in [-0.1, -0.05) is 25.1 Å². The van der Waals surface area contributed by atoms with Crippen molar-refractivity contribution >= 4 is 11.4 Å². The first kappa shape index (κ1) is 16.3. The Labute approximate surface area is 131 Å². The van der Waals surface area contributed by atoms with Gasteiger partial charge < -0.3 is 10.6 Å². The van der Waals surface area contributed by atoms with Crippen LogP contribution in [0, 0.1) is 6.92 Å². The largest absolute Gasteiger partial charge is 0.376 e. The van der Waals surface area contributed by atoms with Crippen molar-refractivity contribution in [2.24, 2.45) is 0 Å². The molecule has 2 rings (SSSR count). The van der Waals surface area contributed by atoms with Crippen molar-refractivity contribution in [2.45, 2.75) is 53.1 Å². The van der Waals surface area contributed by atoms with Gasteiger partial charge in [-0.25, -0.2) is 0 Å². The first-order valence-electron chi connectivity index (χ1n) is 7.67. The van der Waals surface area contributed by atoms with E-state index in [1.54, 1.807) is 0 Å². The molecule has 0 fully saturated rings. The van der Waals surface area contributed by atoms with E-state index in [1.165, 1.54) is 16.7 Å². The molecule has 4 heteroatoms. The first-order chi connectivity index (χ1) is 10.2. The number of hydrogen-bond acceptors (Lipinski definition) is 4. The second kappa shape index (κ2) is 5.95. The predicted octanol–water partition coefficient (Wildman–Crippen LogP) is 2.98. The predicted molar refractivity (Wildman–Crippen MR) is 92.6 cm³/mol. The fourth-order valence-electron chi connectivity index (χ4n) is 2.58. The van der Waals surface area contributed by atoms with Crippen LogP contribution in [0.3, 0.4) is 0 Å². The number of anilines is 2. The lowest BCUT2D eigenvalue weighted by atomic mass is 9.99. The lowest BCUT2D eigenvalue weighted by molar-refractivity contribution is 0.632. The van der Waals surface area contributed by atoms with E-state index in [1.807, 2.05) is 26.8 Å². The highest BCUT2D eigenvalue weighted by atomic mass is 16.2. The monoisotopic (exact) mass is 300 g/mol. The van der Waals surface area contributed by atoms with Crippen LogP contribution in [0.25, 0.3) is 0 Å². The van der Waals surface area contributed by atoms with Crippen LogP contribution in [0.2, 0.25) is 0 Å². The summed E-state index contributed by atoms with van der Waals surface area (Å²) in [5.41, 5.74) is 3.34. The van der Waals surface area contributed by atoms with Gasteiger partial charge in [0.25, 0.3) is 10.9 Å². The molecule has 0 bridgehead atoms. The molecule has 118 valence electrons. The van der Waals surface area contributed by atoms with Crippen LogP contribution in [0.1, 0.15) is 44.4 Å². The van der Waals surface area contributed by atoms with Gasteiger partial charge >= 0.3 is 0 Å². The van der Waals surface area contributed by atoms with Crippen molar-refractivity contribution in [3.63, 3.8) is 0 Å². The Bertz CT molecular complexity index is 747. The standard InChI is InChI=1S/C18H24N2O2/c1-6-12-9-7-8-11(2)13(12)10-19-14-15(17(22)16(14)21)20-18(3,4)5/h7-9,19-20H,6,10H2,1-5H3. The van der Waals surface area contributed by atoms with Gasteiger partial charge in [-0.05, 0) is 50.8 Å². The summed E-state index contributed by atoms with van der Waals surface area (Å²) in [6, 6.07) is 6.20. The first-order valence-corrected chi connectivity index (χ1v) is 7.67. The van der Waals surface area contributed by atoms with Gasteiger partial charge in [-0.3, -0.25) is 9.59 Å². The van der Waals surface area contributed by atoms with Crippen molar-refractivity contribution in [1.29, 1.82) is 0 Å². The molecule has 0 saturated carbocycles. The van der Waals surface area contributed by atoms with Gasteiger partial charge in [0.15, 0.2) is 0 Å². The summed E-state index contributed by atoms with van der Waals surface area (Å²) in [6.07, 6.45) is 0.942. The van der Waals surface area contributed by atoms with Crippen molar-refractivity contribution in [2.75, 3.05) is 10.6 Å². The van der Waals surface area contributed by atoms with Crippen molar-refractivity contribution in [3.8, 4) is 0 Å². The minimum absolute atomic E-state index is 0.254. The number of hydrogen-bond donors (Lipinski definition) is 2. The fourth-order valence-corrected chi connectivity index (χ4v) is 2.58. The summed E-state index contributed by atoms with van der Waals surface area (Å²) in [5.74, 6) is 0. The molecule has 2 N–H and O–H groups in total. The molecule has 2 aromatic rings. The Hall–Kier alpha value is -2.10. The van der Waals surface area contributed by atoms with E-state index in [0.717, 1.165) is 6.42 Å². The summed E-state index contributed by atoms with van der Waals surface area (Å²) < 4.78 is 0. The van der Waals surface area contributed by atoms with Gasteiger partial charge in [-0.15, -0.1) is 0 Å².